The lowest BCUT2D eigenvalue weighted by Gasteiger charge is -2.30. The highest BCUT2D eigenvalue weighted by Crippen LogP contribution is 2.38. The van der Waals surface area contributed by atoms with Gasteiger partial charge in [0.1, 0.15) is 19.3 Å². The first-order valence-electron chi connectivity index (χ1n) is 32.9. The second-order valence-corrected chi connectivity index (χ2v) is 24.6. The predicted molar refractivity (Wildman–Crippen MR) is 339 cm³/mol. The molecule has 0 bridgehead atoms. The van der Waals surface area contributed by atoms with Crippen molar-refractivity contribution in [3.63, 3.8) is 0 Å². The zero-order chi connectivity index (χ0) is 57.9. The number of ether oxygens (including phenoxy) is 1. The number of quaternary nitrogens is 1. The van der Waals surface area contributed by atoms with Crippen LogP contribution in [-0.4, -0.2) is 69.4 Å². The summed E-state index contributed by atoms with van der Waals surface area (Å²) in [5.74, 6) is -0.562. The van der Waals surface area contributed by atoms with Gasteiger partial charge in [-0.05, 0) is 102 Å². The molecule has 0 aromatic carbocycles. The lowest BCUT2D eigenvalue weighted by Crippen LogP contribution is -2.47. The fourth-order valence-corrected chi connectivity index (χ4v) is 9.97. The van der Waals surface area contributed by atoms with Crippen LogP contribution in [0.5, 0.6) is 0 Å². The normalized spacial score (nSPS) is 14.2. The van der Waals surface area contributed by atoms with E-state index in [1.807, 2.05) is 33.3 Å². The number of rotatable bonds is 59. The summed E-state index contributed by atoms with van der Waals surface area (Å²) in [6.07, 6.45) is 76.9. The summed E-state index contributed by atoms with van der Waals surface area (Å²) in [6, 6.07) is -0.904. The molecule has 9 nitrogen and oxygen atoms in total. The van der Waals surface area contributed by atoms with E-state index >= 15 is 0 Å². The van der Waals surface area contributed by atoms with Crippen LogP contribution in [-0.2, 0) is 27.9 Å². The third kappa shape index (κ3) is 59.6. The van der Waals surface area contributed by atoms with Gasteiger partial charge >= 0.3 is 5.97 Å². The summed E-state index contributed by atoms with van der Waals surface area (Å²) in [7, 11) is 1.17. The highest BCUT2D eigenvalue weighted by atomic mass is 31.2. The highest BCUT2D eigenvalue weighted by molar-refractivity contribution is 7.45. The predicted octanol–water partition coefficient (Wildman–Crippen LogP) is 19.9. The van der Waals surface area contributed by atoms with Gasteiger partial charge < -0.3 is 28.5 Å². The van der Waals surface area contributed by atoms with Crippen molar-refractivity contribution < 1.29 is 37.3 Å². The van der Waals surface area contributed by atoms with Gasteiger partial charge in [-0.25, -0.2) is 0 Å². The van der Waals surface area contributed by atoms with E-state index in [2.05, 4.69) is 99.0 Å². The van der Waals surface area contributed by atoms with Crippen LogP contribution in [0.4, 0.5) is 0 Å². The van der Waals surface area contributed by atoms with Crippen molar-refractivity contribution in [2.45, 2.75) is 303 Å². The van der Waals surface area contributed by atoms with Crippen LogP contribution in [0.3, 0.4) is 0 Å². The van der Waals surface area contributed by atoms with Crippen molar-refractivity contribution in [2.75, 3.05) is 40.9 Å². The molecule has 1 amide bonds. The maximum Gasteiger partial charge on any atom is 0.306 e. The number of esters is 1. The summed E-state index contributed by atoms with van der Waals surface area (Å²) in [5, 5.41) is 3.03. The number of nitrogens with one attached hydrogen (secondary N) is 1. The van der Waals surface area contributed by atoms with Crippen LogP contribution < -0.4 is 10.2 Å². The standard InChI is InChI=1S/C69H125N2O7P/c1-7-10-13-16-19-22-25-28-30-32-34-35-37-38-40-43-46-49-52-55-58-61-68(72)70-66(65-77-79(74,75)76-64-63-71(4,5)6)67(60-57-54-51-48-45-42-27-24-21-18-15-12-9-3)78-69(73)62-59-56-53-50-47-44-41-39-36-33-31-29-26-23-20-17-14-11-8-2/h10,13,19,22,28-31,34-35,38,40,57,60,66-67H,7-9,11-12,14-18,20-21,23-27,32-33,36-37,39,41-56,58-59,61-65H2,1-6H3,(H-,70,72,74,75)/b13-10-,22-19-,30-28-,31-29+,35-34-,40-38-,60-57+. The van der Waals surface area contributed by atoms with Gasteiger partial charge in [-0.1, -0.05) is 260 Å². The van der Waals surface area contributed by atoms with E-state index in [1.54, 1.807) is 0 Å². The molecule has 0 aliphatic carbocycles. The molecular formula is C69H125N2O7P. The number of phosphoric acid groups is 1. The molecule has 0 fully saturated rings. The molecule has 0 aliphatic rings. The third-order valence-corrected chi connectivity index (χ3v) is 15.3. The number of allylic oxidation sites excluding steroid dienone is 13. The fourth-order valence-electron chi connectivity index (χ4n) is 9.25. The van der Waals surface area contributed by atoms with Gasteiger partial charge in [0.2, 0.25) is 5.91 Å². The molecule has 0 saturated carbocycles. The molecule has 79 heavy (non-hydrogen) atoms. The van der Waals surface area contributed by atoms with E-state index in [9.17, 15) is 19.0 Å². The lowest BCUT2D eigenvalue weighted by atomic mass is 10.0. The number of amides is 1. The van der Waals surface area contributed by atoms with Gasteiger partial charge in [0.15, 0.2) is 0 Å². The lowest BCUT2D eigenvalue weighted by molar-refractivity contribution is -0.870. The molecule has 3 atom stereocenters. The Morgan fingerprint density at radius 3 is 1.23 bits per heavy atom. The third-order valence-electron chi connectivity index (χ3n) is 14.3. The van der Waals surface area contributed by atoms with E-state index in [0.29, 0.717) is 23.9 Å². The number of hydrogen-bond acceptors (Lipinski definition) is 7. The molecule has 0 aromatic heterocycles. The number of unbranched alkanes of at least 4 members (excludes halogenated alkanes) is 31. The maximum atomic E-state index is 13.6. The Bertz CT molecular complexity index is 1630. The van der Waals surface area contributed by atoms with Crippen LogP contribution in [0.2, 0.25) is 0 Å². The minimum Gasteiger partial charge on any atom is -0.756 e. The molecule has 0 radical (unpaired) electrons. The van der Waals surface area contributed by atoms with Crippen LogP contribution in [0, 0.1) is 0 Å². The van der Waals surface area contributed by atoms with Gasteiger partial charge in [-0.3, -0.25) is 14.2 Å². The number of carbonyl (C=O) groups excluding carboxylic acids is 2. The molecule has 0 aromatic rings. The Morgan fingerprint density at radius 2 is 0.810 bits per heavy atom. The topological polar surface area (TPSA) is 114 Å². The Balaban J connectivity index is 5.27. The second kappa shape index (κ2) is 58.4. The van der Waals surface area contributed by atoms with Gasteiger partial charge in [-0.15, -0.1) is 0 Å². The molecule has 0 spiro atoms. The average molecular weight is 1130 g/mol. The first-order valence-corrected chi connectivity index (χ1v) is 34.4. The molecule has 0 heterocycles. The minimum absolute atomic E-state index is 0.0296. The molecule has 458 valence electrons. The number of hydrogen-bond donors (Lipinski definition) is 1. The smallest absolute Gasteiger partial charge is 0.306 e. The zero-order valence-electron chi connectivity index (χ0n) is 52.3. The van der Waals surface area contributed by atoms with Crippen molar-refractivity contribution in [1.82, 2.24) is 5.32 Å². The fraction of sp³-hybridized carbons (Fsp3) is 0.768. The molecule has 1 N–H and O–H groups in total. The monoisotopic (exact) mass is 1120 g/mol. The zero-order valence-corrected chi connectivity index (χ0v) is 53.2. The Hall–Kier alpha value is -2.81. The summed E-state index contributed by atoms with van der Waals surface area (Å²) in [4.78, 5) is 40.1. The first kappa shape index (κ1) is 76.2. The highest BCUT2D eigenvalue weighted by Gasteiger charge is 2.27. The van der Waals surface area contributed by atoms with Gasteiger partial charge in [-0.2, -0.15) is 0 Å². The van der Waals surface area contributed by atoms with Gasteiger partial charge in [0.25, 0.3) is 7.82 Å². The Morgan fingerprint density at radius 1 is 0.456 bits per heavy atom. The van der Waals surface area contributed by atoms with Gasteiger partial charge in [0.05, 0.1) is 33.8 Å². The van der Waals surface area contributed by atoms with Crippen LogP contribution in [0.25, 0.3) is 0 Å². The van der Waals surface area contributed by atoms with Crippen LogP contribution in [0.1, 0.15) is 290 Å². The number of carbonyl (C=O) groups is 2. The maximum absolute atomic E-state index is 13.6. The van der Waals surface area contributed by atoms with Crippen molar-refractivity contribution in [3.8, 4) is 0 Å². The summed E-state index contributed by atoms with van der Waals surface area (Å²) >= 11 is 0. The number of nitrogens with zero attached hydrogens (tertiary/aromatic N) is 1. The van der Waals surface area contributed by atoms with E-state index < -0.39 is 26.6 Å². The van der Waals surface area contributed by atoms with Crippen LogP contribution >= 0.6 is 7.82 Å². The quantitative estimate of drug-likeness (QED) is 0.0212. The summed E-state index contributed by atoms with van der Waals surface area (Å²) < 4.78 is 30.4. The largest absolute Gasteiger partial charge is 0.756 e. The minimum atomic E-state index is -4.71. The van der Waals surface area contributed by atoms with Crippen molar-refractivity contribution in [3.05, 3.63) is 85.1 Å². The second-order valence-electron chi connectivity index (χ2n) is 23.2. The molecule has 0 aliphatic heterocycles. The summed E-state index contributed by atoms with van der Waals surface area (Å²) in [6.45, 7) is 6.73. The van der Waals surface area contributed by atoms with Crippen molar-refractivity contribution >= 4 is 19.7 Å². The van der Waals surface area contributed by atoms with Crippen LogP contribution in [0.15, 0.2) is 85.1 Å². The SMILES string of the molecule is CC/C=C\C/C=C\C/C=C\C/C=C\C/C=C\CCCCCCCC(=O)NC(COP(=O)([O-])OCC[N+](C)(C)C)C(/C=C/CCCCCCCCCCCCC)OC(=O)CCCCCCCCCCC/C=C/CCCCCCCC. The number of phosphoric ester groups is 1. The summed E-state index contributed by atoms with van der Waals surface area (Å²) in [5.41, 5.74) is 0. The molecule has 3 unspecified atom stereocenters. The Labute approximate surface area is 488 Å². The van der Waals surface area contributed by atoms with Gasteiger partial charge in [0, 0.05) is 12.8 Å². The van der Waals surface area contributed by atoms with Crippen molar-refractivity contribution in [1.29, 1.82) is 0 Å². The molecular weight excluding hydrogens is 1000 g/mol. The molecule has 10 heteroatoms. The van der Waals surface area contributed by atoms with Crippen molar-refractivity contribution in [2.24, 2.45) is 0 Å². The molecule has 0 rings (SSSR count). The first-order chi connectivity index (χ1) is 38.4. The van der Waals surface area contributed by atoms with E-state index in [-0.39, 0.29) is 24.9 Å². The number of likely N-dealkylation sites (N-methyl/N-ethyl adjacent to an activating group) is 1. The average Bonchev–Trinajstić information content (AvgIpc) is 3.41. The van der Waals surface area contributed by atoms with E-state index in [0.717, 1.165) is 103 Å². The molecule has 0 saturated heterocycles. The Kier molecular flexibility index (Phi) is 56.3. The van der Waals surface area contributed by atoms with E-state index in [4.69, 9.17) is 13.8 Å². The van der Waals surface area contributed by atoms with E-state index in [1.165, 1.54) is 148 Å².